The van der Waals surface area contributed by atoms with E-state index in [9.17, 15) is 9.59 Å². The third-order valence-electron chi connectivity index (χ3n) is 2.72. The molecule has 0 heterocycles. The van der Waals surface area contributed by atoms with Gasteiger partial charge in [0.2, 0.25) is 5.91 Å². The molecule has 21 heavy (non-hydrogen) atoms. The maximum atomic E-state index is 11.7. The minimum absolute atomic E-state index is 0.0358. The highest BCUT2D eigenvalue weighted by molar-refractivity contribution is 9.10. The molecule has 108 valence electrons. The topological polar surface area (TPSA) is 46.2 Å². The Bertz CT molecular complexity index is 683. The van der Waals surface area contributed by atoms with Crippen molar-refractivity contribution in [3.8, 4) is 0 Å². The van der Waals surface area contributed by atoms with E-state index in [1.807, 2.05) is 42.5 Å². The summed E-state index contributed by atoms with van der Waals surface area (Å²) >= 11 is 4.91. The molecule has 0 atom stereocenters. The number of rotatable bonds is 4. The molecule has 0 saturated carbocycles. The van der Waals surface area contributed by atoms with E-state index in [1.165, 1.54) is 18.7 Å². The maximum Gasteiger partial charge on any atom is 0.221 e. The van der Waals surface area contributed by atoms with E-state index in [4.69, 9.17) is 0 Å². The van der Waals surface area contributed by atoms with Crippen LogP contribution in [0.2, 0.25) is 0 Å². The second-order valence-electron chi connectivity index (χ2n) is 4.50. The Balaban J connectivity index is 2.22. The highest BCUT2D eigenvalue weighted by Gasteiger charge is 2.09. The van der Waals surface area contributed by atoms with Gasteiger partial charge in [-0.05, 0) is 49.4 Å². The van der Waals surface area contributed by atoms with E-state index in [2.05, 4.69) is 21.2 Å². The van der Waals surface area contributed by atoms with Crippen molar-refractivity contribution in [2.45, 2.75) is 23.6 Å². The molecule has 1 N–H and O–H groups in total. The summed E-state index contributed by atoms with van der Waals surface area (Å²) in [5, 5.41) is 2.72. The van der Waals surface area contributed by atoms with Gasteiger partial charge in [-0.3, -0.25) is 9.59 Å². The van der Waals surface area contributed by atoms with Crippen molar-refractivity contribution in [3.63, 3.8) is 0 Å². The Hall–Kier alpha value is -1.59. The van der Waals surface area contributed by atoms with Gasteiger partial charge in [-0.1, -0.05) is 27.7 Å². The summed E-state index contributed by atoms with van der Waals surface area (Å²) in [6.45, 7) is 3.04. The summed E-state index contributed by atoms with van der Waals surface area (Å²) in [5.74, 6) is -0.0594. The first-order chi connectivity index (χ1) is 9.95. The number of halogens is 1. The number of hydrogen-bond donors (Lipinski definition) is 1. The van der Waals surface area contributed by atoms with E-state index in [0.717, 1.165) is 20.0 Å². The second kappa shape index (κ2) is 6.91. The maximum absolute atomic E-state index is 11.7. The molecule has 0 aliphatic rings. The van der Waals surface area contributed by atoms with E-state index in [1.54, 1.807) is 6.92 Å². The molecule has 2 aromatic carbocycles. The summed E-state index contributed by atoms with van der Waals surface area (Å²) in [5.41, 5.74) is 1.45. The summed E-state index contributed by atoms with van der Waals surface area (Å²) in [4.78, 5) is 24.6. The van der Waals surface area contributed by atoms with Gasteiger partial charge in [0.15, 0.2) is 5.78 Å². The smallest absolute Gasteiger partial charge is 0.221 e. The predicted octanol–water partition coefficient (Wildman–Crippen LogP) is 4.76. The van der Waals surface area contributed by atoms with Gasteiger partial charge in [0, 0.05) is 32.4 Å². The molecule has 1 amide bonds. The van der Waals surface area contributed by atoms with Crippen LogP contribution in [-0.4, -0.2) is 11.7 Å². The van der Waals surface area contributed by atoms with Crippen molar-refractivity contribution < 1.29 is 9.59 Å². The van der Waals surface area contributed by atoms with Crippen molar-refractivity contribution in [1.29, 1.82) is 0 Å². The highest BCUT2D eigenvalue weighted by Crippen LogP contribution is 2.33. The number of nitrogens with one attached hydrogen (secondary N) is 1. The van der Waals surface area contributed by atoms with Gasteiger partial charge >= 0.3 is 0 Å². The van der Waals surface area contributed by atoms with Gasteiger partial charge in [0.25, 0.3) is 0 Å². The molecule has 0 aliphatic carbocycles. The Kier molecular flexibility index (Phi) is 5.20. The van der Waals surface area contributed by atoms with Crippen LogP contribution in [0.1, 0.15) is 24.2 Å². The number of Topliss-reactive ketones (excluding diaryl/α,β-unsaturated/α-hetero) is 1. The van der Waals surface area contributed by atoms with Crippen LogP contribution in [0.25, 0.3) is 0 Å². The number of anilines is 1. The monoisotopic (exact) mass is 363 g/mol. The zero-order valence-corrected chi connectivity index (χ0v) is 14.0. The SMILES string of the molecule is CC(=O)Nc1ccc(Sc2ccc(Br)cc2C(C)=O)cc1. The molecule has 5 heteroatoms. The van der Waals surface area contributed by atoms with Gasteiger partial charge in [0.05, 0.1) is 0 Å². The Morgan fingerprint density at radius 1 is 1.05 bits per heavy atom. The third-order valence-corrected chi connectivity index (χ3v) is 4.30. The fourth-order valence-corrected chi connectivity index (χ4v) is 3.14. The largest absolute Gasteiger partial charge is 0.326 e. The van der Waals surface area contributed by atoms with E-state index >= 15 is 0 Å². The van der Waals surface area contributed by atoms with Crippen LogP contribution in [0.3, 0.4) is 0 Å². The summed E-state index contributed by atoms with van der Waals surface area (Å²) in [6.07, 6.45) is 0. The van der Waals surface area contributed by atoms with E-state index in [0.29, 0.717) is 5.56 Å². The van der Waals surface area contributed by atoms with Crippen LogP contribution in [0.4, 0.5) is 5.69 Å². The molecule has 0 fully saturated rings. The molecule has 0 aromatic heterocycles. The van der Waals surface area contributed by atoms with Crippen LogP contribution < -0.4 is 5.32 Å². The highest BCUT2D eigenvalue weighted by atomic mass is 79.9. The van der Waals surface area contributed by atoms with Crippen molar-refractivity contribution in [1.82, 2.24) is 0 Å². The zero-order valence-electron chi connectivity index (χ0n) is 11.6. The van der Waals surface area contributed by atoms with Crippen LogP contribution in [0.5, 0.6) is 0 Å². The lowest BCUT2D eigenvalue weighted by molar-refractivity contribution is -0.114. The molecule has 0 aliphatic heterocycles. The summed E-state index contributed by atoms with van der Waals surface area (Å²) in [7, 11) is 0. The molecule has 0 radical (unpaired) electrons. The van der Waals surface area contributed by atoms with Gasteiger partial charge in [0.1, 0.15) is 0 Å². The molecule has 0 saturated heterocycles. The first kappa shape index (κ1) is 15.8. The Morgan fingerprint density at radius 2 is 1.71 bits per heavy atom. The van der Waals surface area contributed by atoms with Gasteiger partial charge < -0.3 is 5.32 Å². The van der Waals surface area contributed by atoms with Crippen LogP contribution in [-0.2, 0) is 4.79 Å². The summed E-state index contributed by atoms with van der Waals surface area (Å²) in [6, 6.07) is 13.2. The molecule has 3 nitrogen and oxygen atoms in total. The molecular weight excluding hydrogens is 350 g/mol. The lowest BCUT2D eigenvalue weighted by Gasteiger charge is -2.08. The number of carbonyl (C=O) groups excluding carboxylic acids is 2. The van der Waals surface area contributed by atoms with Crippen molar-refractivity contribution in [2.24, 2.45) is 0 Å². The first-order valence-corrected chi connectivity index (χ1v) is 7.92. The molecule has 2 rings (SSSR count). The van der Waals surface area contributed by atoms with Crippen LogP contribution in [0, 0.1) is 0 Å². The Morgan fingerprint density at radius 3 is 2.29 bits per heavy atom. The average Bonchev–Trinajstić information content (AvgIpc) is 2.42. The molecular formula is C16H14BrNO2S. The zero-order chi connectivity index (χ0) is 15.4. The number of carbonyl (C=O) groups is 2. The van der Waals surface area contributed by atoms with Crippen molar-refractivity contribution >= 4 is 45.1 Å². The molecule has 0 spiro atoms. The molecule has 2 aromatic rings. The quantitative estimate of drug-likeness (QED) is 0.796. The van der Waals surface area contributed by atoms with E-state index in [-0.39, 0.29) is 11.7 Å². The van der Waals surface area contributed by atoms with Crippen molar-refractivity contribution in [2.75, 3.05) is 5.32 Å². The minimum Gasteiger partial charge on any atom is -0.326 e. The van der Waals surface area contributed by atoms with Crippen LogP contribution in [0.15, 0.2) is 56.7 Å². The first-order valence-electron chi connectivity index (χ1n) is 6.31. The molecule has 0 unspecified atom stereocenters. The second-order valence-corrected chi connectivity index (χ2v) is 6.54. The summed E-state index contributed by atoms with van der Waals surface area (Å²) < 4.78 is 0.887. The number of amides is 1. The van der Waals surface area contributed by atoms with Gasteiger partial charge in [-0.25, -0.2) is 0 Å². The van der Waals surface area contributed by atoms with E-state index < -0.39 is 0 Å². The fraction of sp³-hybridized carbons (Fsp3) is 0.125. The Labute approximate surface area is 136 Å². The normalized spacial score (nSPS) is 10.2. The lowest BCUT2D eigenvalue weighted by Crippen LogP contribution is -2.05. The number of ketones is 1. The van der Waals surface area contributed by atoms with Crippen molar-refractivity contribution in [3.05, 3.63) is 52.5 Å². The number of hydrogen-bond acceptors (Lipinski definition) is 3. The van der Waals surface area contributed by atoms with Crippen LogP contribution >= 0.6 is 27.7 Å². The fourth-order valence-electron chi connectivity index (χ4n) is 1.80. The average molecular weight is 364 g/mol. The van der Waals surface area contributed by atoms with Gasteiger partial charge in [-0.15, -0.1) is 0 Å². The minimum atomic E-state index is -0.0952. The number of benzene rings is 2. The van der Waals surface area contributed by atoms with Gasteiger partial charge in [-0.2, -0.15) is 0 Å². The molecule has 0 bridgehead atoms. The lowest BCUT2D eigenvalue weighted by atomic mass is 10.1. The predicted molar refractivity (Wildman–Crippen MR) is 89.0 cm³/mol. The standard InChI is InChI=1S/C16H14BrNO2S/c1-10(19)15-9-12(17)3-8-16(15)21-14-6-4-13(5-7-14)18-11(2)20/h3-9H,1-2H3,(H,18,20). The third kappa shape index (κ3) is 4.44.